The molecule has 0 bridgehead atoms. The van der Waals surface area contributed by atoms with Gasteiger partial charge in [-0.3, -0.25) is 4.79 Å². The Morgan fingerprint density at radius 3 is 2.71 bits per heavy atom. The fraction of sp³-hybridized carbons (Fsp3) is 0.154. The molecule has 1 amide bonds. The lowest BCUT2D eigenvalue weighted by Crippen LogP contribution is -2.22. The van der Waals surface area contributed by atoms with Crippen LogP contribution in [0.25, 0.3) is 0 Å². The lowest BCUT2D eigenvalue weighted by molar-refractivity contribution is 0.0951. The van der Waals surface area contributed by atoms with Gasteiger partial charge in [0.1, 0.15) is 4.21 Å². The van der Waals surface area contributed by atoms with Crippen molar-refractivity contribution in [2.24, 2.45) is 0 Å². The fourth-order valence-electron chi connectivity index (χ4n) is 1.60. The molecule has 5 nitrogen and oxygen atoms in total. The maximum atomic E-state index is 12.0. The number of hydrogen-bond donors (Lipinski definition) is 2. The van der Waals surface area contributed by atoms with E-state index in [0.717, 1.165) is 19.8 Å². The standard InChI is InChI=1S/C13H13IN2O3S2/c1-15-21(18,19)12-6-5-11(20-12)8-16-13(17)9-3-2-4-10(14)7-9/h2-7,15H,8H2,1H3,(H,16,17). The maximum absolute atomic E-state index is 12.0. The minimum atomic E-state index is -3.42. The maximum Gasteiger partial charge on any atom is 0.251 e. The van der Waals surface area contributed by atoms with Gasteiger partial charge in [0.15, 0.2) is 0 Å². The zero-order chi connectivity index (χ0) is 15.5. The van der Waals surface area contributed by atoms with E-state index in [9.17, 15) is 13.2 Å². The highest BCUT2D eigenvalue weighted by atomic mass is 127. The summed E-state index contributed by atoms with van der Waals surface area (Å²) in [6.45, 7) is 0.300. The summed E-state index contributed by atoms with van der Waals surface area (Å²) in [6, 6.07) is 10.5. The van der Waals surface area contributed by atoms with E-state index in [-0.39, 0.29) is 10.1 Å². The number of benzene rings is 1. The minimum absolute atomic E-state index is 0.181. The first kappa shape index (κ1) is 16.4. The molecule has 112 valence electrons. The molecule has 0 fully saturated rings. The highest BCUT2D eigenvalue weighted by Crippen LogP contribution is 2.21. The number of carbonyl (C=O) groups is 1. The molecule has 2 N–H and O–H groups in total. The molecule has 0 aliphatic rings. The van der Waals surface area contributed by atoms with Gasteiger partial charge < -0.3 is 5.32 Å². The summed E-state index contributed by atoms with van der Waals surface area (Å²) in [5.41, 5.74) is 0.585. The van der Waals surface area contributed by atoms with E-state index in [4.69, 9.17) is 0 Å². The number of halogens is 1. The van der Waals surface area contributed by atoms with Gasteiger partial charge >= 0.3 is 0 Å². The molecule has 2 rings (SSSR count). The molecule has 0 unspecified atom stereocenters. The summed E-state index contributed by atoms with van der Waals surface area (Å²) in [6.07, 6.45) is 0. The van der Waals surface area contributed by atoms with E-state index >= 15 is 0 Å². The summed E-state index contributed by atoms with van der Waals surface area (Å²) in [5, 5.41) is 2.78. The van der Waals surface area contributed by atoms with Crippen LogP contribution in [0.3, 0.4) is 0 Å². The van der Waals surface area contributed by atoms with Gasteiger partial charge in [-0.15, -0.1) is 11.3 Å². The predicted molar refractivity (Wildman–Crippen MR) is 90.9 cm³/mol. The van der Waals surface area contributed by atoms with E-state index in [0.29, 0.717) is 12.1 Å². The average Bonchev–Trinajstić information content (AvgIpc) is 2.94. The summed E-state index contributed by atoms with van der Waals surface area (Å²) in [7, 11) is -2.05. The second-order valence-corrected chi connectivity index (χ2v) is 8.65. The van der Waals surface area contributed by atoms with Crippen molar-refractivity contribution < 1.29 is 13.2 Å². The van der Waals surface area contributed by atoms with Gasteiger partial charge in [-0.1, -0.05) is 6.07 Å². The van der Waals surface area contributed by atoms with E-state index in [1.165, 1.54) is 13.1 Å². The van der Waals surface area contributed by atoms with Crippen LogP contribution in [0.1, 0.15) is 15.2 Å². The van der Waals surface area contributed by atoms with Gasteiger partial charge in [0.05, 0.1) is 6.54 Å². The van der Waals surface area contributed by atoms with Crippen LogP contribution in [-0.4, -0.2) is 21.4 Å². The first-order valence-electron chi connectivity index (χ1n) is 5.98. The molecule has 1 aromatic heterocycles. The average molecular weight is 436 g/mol. The van der Waals surface area contributed by atoms with Crippen molar-refractivity contribution in [1.82, 2.24) is 10.0 Å². The first-order valence-corrected chi connectivity index (χ1v) is 9.36. The number of amides is 1. The Kier molecular flexibility index (Phi) is 5.36. The largest absolute Gasteiger partial charge is 0.347 e. The molecule has 21 heavy (non-hydrogen) atoms. The number of thiophene rings is 1. The summed E-state index contributed by atoms with van der Waals surface area (Å²) < 4.78 is 26.7. The molecular formula is C13H13IN2O3S2. The topological polar surface area (TPSA) is 75.3 Å². The molecule has 0 aliphatic heterocycles. The number of rotatable bonds is 5. The molecule has 0 spiro atoms. The Hall–Kier alpha value is -0.970. The van der Waals surface area contributed by atoms with Crippen LogP contribution in [0, 0.1) is 3.57 Å². The van der Waals surface area contributed by atoms with Crippen molar-refractivity contribution >= 4 is 49.9 Å². The molecule has 0 radical (unpaired) electrons. The van der Waals surface area contributed by atoms with Crippen molar-refractivity contribution in [1.29, 1.82) is 0 Å². The zero-order valence-corrected chi connectivity index (χ0v) is 14.9. The van der Waals surface area contributed by atoms with Gasteiger partial charge in [-0.05, 0) is 60.0 Å². The van der Waals surface area contributed by atoms with Crippen LogP contribution < -0.4 is 10.0 Å². The van der Waals surface area contributed by atoms with E-state index < -0.39 is 10.0 Å². The summed E-state index contributed by atoms with van der Waals surface area (Å²) in [4.78, 5) is 12.8. The van der Waals surface area contributed by atoms with Crippen LogP contribution in [0.15, 0.2) is 40.6 Å². The molecule has 1 aromatic carbocycles. The Morgan fingerprint density at radius 2 is 2.05 bits per heavy atom. The summed E-state index contributed by atoms with van der Waals surface area (Å²) >= 11 is 3.28. The van der Waals surface area contributed by atoms with E-state index in [1.807, 2.05) is 12.1 Å². The van der Waals surface area contributed by atoms with Crippen molar-refractivity contribution in [3.63, 3.8) is 0 Å². The van der Waals surface area contributed by atoms with Crippen molar-refractivity contribution in [2.75, 3.05) is 7.05 Å². The number of nitrogens with one attached hydrogen (secondary N) is 2. The number of carbonyl (C=O) groups excluding carboxylic acids is 1. The normalized spacial score (nSPS) is 11.3. The highest BCUT2D eigenvalue weighted by Gasteiger charge is 2.14. The molecule has 2 aromatic rings. The molecule has 0 aliphatic carbocycles. The third-order valence-electron chi connectivity index (χ3n) is 2.68. The van der Waals surface area contributed by atoms with Crippen LogP contribution in [-0.2, 0) is 16.6 Å². The van der Waals surface area contributed by atoms with Gasteiger partial charge in [-0.2, -0.15) is 0 Å². The van der Waals surface area contributed by atoms with E-state index in [1.54, 1.807) is 18.2 Å². The Morgan fingerprint density at radius 1 is 1.29 bits per heavy atom. The Labute approximate surface area is 141 Å². The molecule has 8 heteroatoms. The third-order valence-corrected chi connectivity index (χ3v) is 6.34. The van der Waals surface area contributed by atoms with Crippen LogP contribution in [0.4, 0.5) is 0 Å². The van der Waals surface area contributed by atoms with Crippen LogP contribution in [0.2, 0.25) is 0 Å². The monoisotopic (exact) mass is 436 g/mol. The van der Waals surface area contributed by atoms with Gasteiger partial charge in [-0.25, -0.2) is 13.1 Å². The number of sulfonamides is 1. The van der Waals surface area contributed by atoms with E-state index in [2.05, 4.69) is 32.6 Å². The van der Waals surface area contributed by atoms with Crippen LogP contribution >= 0.6 is 33.9 Å². The molecule has 0 saturated carbocycles. The smallest absolute Gasteiger partial charge is 0.251 e. The number of hydrogen-bond acceptors (Lipinski definition) is 4. The Balaban J connectivity index is 2.02. The van der Waals surface area contributed by atoms with Gasteiger partial charge in [0.2, 0.25) is 10.0 Å². The Bertz CT molecular complexity index is 756. The SMILES string of the molecule is CNS(=O)(=O)c1ccc(CNC(=O)c2cccc(I)c2)s1. The van der Waals surface area contributed by atoms with Crippen molar-refractivity contribution in [3.8, 4) is 0 Å². The lowest BCUT2D eigenvalue weighted by Gasteiger charge is -2.04. The second kappa shape index (κ2) is 6.86. The van der Waals surface area contributed by atoms with Crippen molar-refractivity contribution in [3.05, 3.63) is 50.4 Å². The fourth-order valence-corrected chi connectivity index (χ4v) is 4.27. The molecular weight excluding hydrogens is 423 g/mol. The lowest BCUT2D eigenvalue weighted by atomic mass is 10.2. The first-order chi connectivity index (χ1) is 9.92. The van der Waals surface area contributed by atoms with Crippen molar-refractivity contribution in [2.45, 2.75) is 10.8 Å². The second-order valence-electron chi connectivity index (χ2n) is 4.12. The summed E-state index contributed by atoms with van der Waals surface area (Å²) in [5.74, 6) is -0.181. The third kappa shape index (κ3) is 4.25. The van der Waals surface area contributed by atoms with Crippen LogP contribution in [0.5, 0.6) is 0 Å². The highest BCUT2D eigenvalue weighted by molar-refractivity contribution is 14.1. The minimum Gasteiger partial charge on any atom is -0.347 e. The molecule has 0 saturated heterocycles. The predicted octanol–water partition coefficient (Wildman–Crippen LogP) is 2.19. The van der Waals surface area contributed by atoms with Gasteiger partial charge in [0.25, 0.3) is 5.91 Å². The quantitative estimate of drug-likeness (QED) is 0.706. The zero-order valence-electron chi connectivity index (χ0n) is 11.1. The molecule has 0 atom stereocenters. The molecule has 1 heterocycles. The van der Waals surface area contributed by atoms with Gasteiger partial charge in [0, 0.05) is 14.0 Å².